The molecule has 2 saturated heterocycles. The highest BCUT2D eigenvalue weighted by Crippen LogP contribution is 2.50. The van der Waals surface area contributed by atoms with Crippen LogP contribution in [0.2, 0.25) is 5.02 Å². The van der Waals surface area contributed by atoms with Crippen molar-refractivity contribution in [1.82, 2.24) is 34.4 Å². The first-order valence-electron chi connectivity index (χ1n) is 22.6. The van der Waals surface area contributed by atoms with E-state index in [4.69, 9.17) is 55.8 Å². The largest absolute Gasteiger partial charge is 0.489 e. The molecule has 0 spiro atoms. The van der Waals surface area contributed by atoms with Gasteiger partial charge in [0.2, 0.25) is 5.91 Å². The molecule has 2 fully saturated rings. The van der Waals surface area contributed by atoms with E-state index in [1.165, 1.54) is 41.0 Å². The molecule has 0 saturated carbocycles. The van der Waals surface area contributed by atoms with Gasteiger partial charge in [-0.05, 0) is 53.6 Å². The Balaban J connectivity index is 0.985. The predicted molar refractivity (Wildman–Crippen MR) is 260 cm³/mol. The van der Waals surface area contributed by atoms with Gasteiger partial charge < -0.3 is 70.7 Å². The summed E-state index contributed by atoms with van der Waals surface area (Å²) in [5, 5.41) is 28.3. The quantitative estimate of drug-likeness (QED) is 0.0365. The third kappa shape index (κ3) is 14.3. The lowest BCUT2D eigenvalue weighted by Gasteiger charge is -2.26. The Morgan fingerprint density at radius 1 is 0.844 bits per heavy atom. The van der Waals surface area contributed by atoms with E-state index in [0.717, 1.165) is 24.9 Å². The molecule has 10 atom stereocenters. The number of hydrogen-bond donors (Lipinski definition) is 9. The Hall–Kier alpha value is -7.02. The fourth-order valence-electron chi connectivity index (χ4n) is 7.77. The average Bonchev–Trinajstić information content (AvgIpc) is 4.15. The molecule has 3 aromatic carbocycles. The number of anilines is 3. The minimum Gasteiger partial charge on any atom is -0.489 e. The number of rotatable bonds is 21. The standard InChI is InChI=1S/C44H46ClFN10O19P2/c45-26-3-1-2-4-28(26)68-17-27(53-44(62)69-16-23-7-11-25(12-8-23)52-32(57)15-22-5-9-24(46)10-6-22)42(60)74-36-29(72-41(34(36)58)56-21-51-33-38(48)49-20-50-39(33)56)19-71-77(66,67)75-37-30(18-70-76(63,64)65)73-40(35(37)59)55-14-13-31(47)54-43(55)61/h1-14,20-21,27,29-30,34-37,40-41,58-59H,15-19H2,(H,52,57)(H,53,62)(H,66,67)(H2,47,54,61)(H2,48,49,50)(H2,63,64,65)/t27-,29?,30+,34+,35+,36+,37+,40+,41+/m0/s1. The molecule has 410 valence electrons. The zero-order chi connectivity index (χ0) is 55.2. The highest BCUT2D eigenvalue weighted by atomic mass is 35.5. The Morgan fingerprint density at radius 2 is 1.51 bits per heavy atom. The molecule has 2 aliphatic heterocycles. The molecule has 77 heavy (non-hydrogen) atoms. The van der Waals surface area contributed by atoms with E-state index in [1.54, 1.807) is 36.4 Å². The van der Waals surface area contributed by atoms with Gasteiger partial charge in [-0.25, -0.2) is 42.9 Å². The number of ether oxygens (including phenoxy) is 5. The summed E-state index contributed by atoms with van der Waals surface area (Å²) in [6, 6.07) is 17.2. The van der Waals surface area contributed by atoms with E-state index < -0.39 is 114 Å². The number of amides is 2. The van der Waals surface area contributed by atoms with E-state index in [2.05, 4.69) is 35.1 Å². The van der Waals surface area contributed by atoms with Crippen LogP contribution >= 0.6 is 27.2 Å². The number of alkyl carbamates (subject to hydrolysis) is 1. The third-order valence-electron chi connectivity index (χ3n) is 11.4. The van der Waals surface area contributed by atoms with Crippen molar-refractivity contribution in [3.05, 3.63) is 130 Å². The van der Waals surface area contributed by atoms with Gasteiger partial charge in [-0.2, -0.15) is 4.98 Å². The minimum absolute atomic E-state index is 0.0183. The van der Waals surface area contributed by atoms with E-state index in [0.29, 0.717) is 21.4 Å². The Kier molecular flexibility index (Phi) is 17.6. The number of phosphoric acid groups is 2. The molecule has 8 rings (SSSR count). The molecule has 29 nitrogen and oxygen atoms in total. The predicted octanol–water partition coefficient (Wildman–Crippen LogP) is 1.64. The normalized spacial score (nSPS) is 22.5. The molecule has 6 aromatic rings. The molecular formula is C44H46ClFN10O19P2. The van der Waals surface area contributed by atoms with Gasteiger partial charge in [0.25, 0.3) is 0 Å². The van der Waals surface area contributed by atoms with Gasteiger partial charge >= 0.3 is 33.4 Å². The highest BCUT2D eigenvalue weighted by Gasteiger charge is 2.52. The number of nitrogens with one attached hydrogen (secondary N) is 2. The highest BCUT2D eigenvalue weighted by molar-refractivity contribution is 7.47. The van der Waals surface area contributed by atoms with Crippen LogP contribution in [0.25, 0.3) is 11.2 Å². The van der Waals surface area contributed by atoms with Crippen LogP contribution in [-0.4, -0.2) is 134 Å². The van der Waals surface area contributed by atoms with Crippen molar-refractivity contribution in [2.45, 2.75) is 68.1 Å². The molecule has 2 aliphatic rings. The topological polar surface area (TPSA) is 415 Å². The summed E-state index contributed by atoms with van der Waals surface area (Å²) in [4.78, 5) is 98.4. The molecule has 2 amide bonds. The maximum Gasteiger partial charge on any atom is 0.472 e. The molecule has 0 radical (unpaired) electrons. The number of halogens is 2. The average molecular weight is 1140 g/mol. The van der Waals surface area contributed by atoms with Gasteiger partial charge in [0, 0.05) is 11.9 Å². The number of nitrogens with two attached hydrogens (primary N) is 2. The summed E-state index contributed by atoms with van der Waals surface area (Å²) in [6.45, 7) is -3.16. The number of benzene rings is 3. The summed E-state index contributed by atoms with van der Waals surface area (Å²) in [7, 11) is -10.8. The summed E-state index contributed by atoms with van der Waals surface area (Å²) in [5.41, 5.74) is 12.0. The number of carbonyl (C=O) groups is 3. The van der Waals surface area contributed by atoms with Crippen LogP contribution in [0.15, 0.2) is 103 Å². The van der Waals surface area contributed by atoms with Crippen LogP contribution in [-0.2, 0) is 64.3 Å². The monoisotopic (exact) mass is 1130 g/mol. The van der Waals surface area contributed by atoms with Gasteiger partial charge in [-0.3, -0.25) is 27.5 Å². The number of phosphoric ester groups is 2. The molecule has 5 heterocycles. The summed E-state index contributed by atoms with van der Waals surface area (Å²) in [6.07, 6.45) is -12.6. The molecule has 11 N–H and O–H groups in total. The van der Waals surface area contributed by atoms with E-state index in [9.17, 15) is 57.6 Å². The Bertz CT molecular complexity index is 3250. The number of aliphatic hydroxyl groups is 2. The van der Waals surface area contributed by atoms with Gasteiger partial charge in [0.1, 0.15) is 73.0 Å². The first kappa shape index (κ1) is 56.2. The SMILES string of the molecule is Nc1ccn([C@@H]2O[C@H](COP(=O)(O)O)[C@@H](OP(=O)(O)OCC3O[C@@H](n4cnc5c(N)ncnc54)[C@H](O)[C@@H]3OC(=O)[C@H](COc3ccccc3Cl)NC(=O)OCc3ccc(NC(=O)Cc4ccc(F)cc4)cc3)[C@H]2O)c(=O)n1. The number of hydrogen-bond acceptors (Lipinski definition) is 22. The van der Waals surface area contributed by atoms with E-state index >= 15 is 0 Å². The number of nitrogen functional groups attached to an aromatic ring is 2. The second kappa shape index (κ2) is 24.1. The number of carbonyl (C=O) groups excluding carboxylic acids is 3. The van der Waals surface area contributed by atoms with Crippen LogP contribution < -0.4 is 32.5 Å². The zero-order valence-corrected chi connectivity index (χ0v) is 42.0. The first-order chi connectivity index (χ1) is 36.6. The number of aliphatic hydroxyl groups excluding tert-OH is 2. The van der Waals surface area contributed by atoms with Crippen LogP contribution in [0.4, 0.5) is 26.5 Å². The van der Waals surface area contributed by atoms with Crippen molar-refractivity contribution in [2.24, 2.45) is 0 Å². The zero-order valence-electron chi connectivity index (χ0n) is 39.4. The van der Waals surface area contributed by atoms with Crippen molar-refractivity contribution in [2.75, 3.05) is 36.6 Å². The Labute approximate surface area is 437 Å². The van der Waals surface area contributed by atoms with Crippen molar-refractivity contribution in [3.63, 3.8) is 0 Å². The number of para-hydroxylation sites is 1. The summed E-state index contributed by atoms with van der Waals surface area (Å²) >= 11 is 6.30. The summed E-state index contributed by atoms with van der Waals surface area (Å²) in [5.74, 6) is -2.31. The van der Waals surface area contributed by atoms with Crippen LogP contribution in [0.3, 0.4) is 0 Å². The number of fused-ring (bicyclic) bond motifs is 1. The second-order valence-corrected chi connectivity index (χ2v) is 19.9. The van der Waals surface area contributed by atoms with E-state index in [1.807, 2.05) is 0 Å². The van der Waals surface area contributed by atoms with Crippen molar-refractivity contribution in [1.29, 1.82) is 0 Å². The van der Waals surface area contributed by atoms with E-state index in [-0.39, 0.29) is 52.5 Å². The van der Waals surface area contributed by atoms with Crippen LogP contribution in [0.5, 0.6) is 5.75 Å². The van der Waals surface area contributed by atoms with Gasteiger partial charge in [0.05, 0.1) is 31.0 Å². The number of imidazole rings is 1. The van der Waals surface area contributed by atoms with Gasteiger partial charge in [0.15, 0.2) is 36.1 Å². The molecule has 0 aliphatic carbocycles. The fourth-order valence-corrected chi connectivity index (χ4v) is 9.27. The molecule has 33 heteroatoms. The number of aromatic nitrogens is 6. The third-order valence-corrected chi connectivity index (χ3v) is 13.2. The minimum atomic E-state index is -5.53. The number of esters is 1. The van der Waals surface area contributed by atoms with Gasteiger partial charge in [-0.15, -0.1) is 0 Å². The first-order valence-corrected chi connectivity index (χ1v) is 26.0. The molecule has 0 bridgehead atoms. The lowest BCUT2D eigenvalue weighted by molar-refractivity contribution is -0.159. The molecule has 2 unspecified atom stereocenters. The smallest absolute Gasteiger partial charge is 0.472 e. The van der Waals surface area contributed by atoms with Crippen molar-refractivity contribution >= 4 is 73.7 Å². The molecule has 3 aromatic heterocycles. The van der Waals surface area contributed by atoms with Gasteiger partial charge in [-0.1, -0.05) is 48.0 Å². The second-order valence-electron chi connectivity index (χ2n) is 16.8. The maximum absolute atomic E-state index is 14.2. The lowest BCUT2D eigenvalue weighted by atomic mass is 10.1. The summed E-state index contributed by atoms with van der Waals surface area (Å²) < 4.78 is 84.2. The van der Waals surface area contributed by atoms with Crippen LogP contribution in [0.1, 0.15) is 23.6 Å². The fraction of sp³-hybridized carbons (Fsp3) is 0.318. The Morgan fingerprint density at radius 3 is 2.21 bits per heavy atom. The number of nitrogens with zero attached hydrogens (tertiary/aromatic N) is 6. The van der Waals surface area contributed by atoms with Crippen molar-refractivity contribution in [3.8, 4) is 5.75 Å². The maximum atomic E-state index is 14.2. The lowest BCUT2D eigenvalue weighted by Crippen LogP contribution is -2.49. The van der Waals surface area contributed by atoms with Crippen molar-refractivity contribution < 1.29 is 90.1 Å². The molecular weight excluding hydrogens is 1090 g/mol. The van der Waals surface area contributed by atoms with Crippen LogP contribution in [0, 0.1) is 5.82 Å².